The van der Waals surface area contributed by atoms with Crippen LogP contribution in [0.3, 0.4) is 0 Å². The topological polar surface area (TPSA) is 60.5 Å². The number of nitrogens with two attached hydrogens (primary N) is 1. The Morgan fingerprint density at radius 3 is 2.80 bits per heavy atom. The summed E-state index contributed by atoms with van der Waals surface area (Å²) in [6.45, 7) is 1.31. The minimum Gasteiger partial charge on any atom is -0.383 e. The van der Waals surface area contributed by atoms with Gasteiger partial charge < -0.3 is 19.9 Å². The SMILES string of the molecule is COCCn1cccc1C(=O)N(C)C1CCC(N)CC1. The standard InChI is InChI=1S/C15H25N3O2/c1-17(13-7-5-12(16)6-8-13)15(19)14-4-3-9-18(14)10-11-20-2/h3-4,9,12-13H,5-8,10-11,16H2,1-2H3. The van der Waals surface area contributed by atoms with Crippen LogP contribution in [0.4, 0.5) is 0 Å². The molecule has 1 amide bonds. The fourth-order valence-electron chi connectivity index (χ4n) is 2.83. The average Bonchev–Trinajstić information content (AvgIpc) is 2.92. The summed E-state index contributed by atoms with van der Waals surface area (Å²) in [5, 5.41) is 0. The van der Waals surface area contributed by atoms with Crippen molar-refractivity contribution in [3.63, 3.8) is 0 Å². The number of carbonyl (C=O) groups is 1. The molecule has 0 aliphatic heterocycles. The van der Waals surface area contributed by atoms with E-state index in [2.05, 4.69) is 0 Å². The zero-order valence-corrected chi connectivity index (χ0v) is 12.4. The number of nitrogens with zero attached hydrogens (tertiary/aromatic N) is 2. The Morgan fingerprint density at radius 1 is 1.45 bits per heavy atom. The third-order valence-electron chi connectivity index (χ3n) is 4.19. The molecule has 1 heterocycles. The summed E-state index contributed by atoms with van der Waals surface area (Å²) in [5.41, 5.74) is 6.66. The second-order valence-electron chi connectivity index (χ2n) is 5.56. The van der Waals surface area contributed by atoms with Crippen LogP contribution in [-0.4, -0.2) is 48.2 Å². The van der Waals surface area contributed by atoms with Crippen LogP contribution in [0.1, 0.15) is 36.2 Å². The fourth-order valence-corrected chi connectivity index (χ4v) is 2.83. The van der Waals surface area contributed by atoms with Crippen LogP contribution < -0.4 is 5.73 Å². The Kier molecular flexibility index (Phi) is 5.20. The molecular weight excluding hydrogens is 254 g/mol. The maximum atomic E-state index is 12.6. The van der Waals surface area contributed by atoms with E-state index >= 15 is 0 Å². The monoisotopic (exact) mass is 279 g/mol. The lowest BCUT2D eigenvalue weighted by atomic mass is 9.91. The molecule has 0 bridgehead atoms. The first-order valence-electron chi connectivity index (χ1n) is 7.30. The van der Waals surface area contributed by atoms with Gasteiger partial charge in [0.1, 0.15) is 5.69 Å². The molecule has 0 atom stereocenters. The average molecular weight is 279 g/mol. The van der Waals surface area contributed by atoms with E-state index in [1.807, 2.05) is 34.8 Å². The summed E-state index contributed by atoms with van der Waals surface area (Å²) in [7, 11) is 3.57. The zero-order valence-electron chi connectivity index (χ0n) is 12.4. The molecule has 20 heavy (non-hydrogen) atoms. The normalized spacial score (nSPS) is 22.8. The quantitative estimate of drug-likeness (QED) is 0.888. The number of rotatable bonds is 5. The molecule has 0 radical (unpaired) electrons. The van der Waals surface area contributed by atoms with Gasteiger partial charge in [0.2, 0.25) is 0 Å². The Bertz CT molecular complexity index is 436. The number of ether oxygens (including phenoxy) is 1. The lowest BCUT2D eigenvalue weighted by Gasteiger charge is -2.33. The van der Waals surface area contributed by atoms with Crippen LogP contribution in [0.2, 0.25) is 0 Å². The first-order valence-corrected chi connectivity index (χ1v) is 7.30. The van der Waals surface area contributed by atoms with E-state index in [-0.39, 0.29) is 5.91 Å². The molecule has 5 nitrogen and oxygen atoms in total. The largest absolute Gasteiger partial charge is 0.383 e. The highest BCUT2D eigenvalue weighted by atomic mass is 16.5. The molecule has 0 unspecified atom stereocenters. The second-order valence-corrected chi connectivity index (χ2v) is 5.56. The molecule has 1 aromatic heterocycles. The van der Waals surface area contributed by atoms with Crippen LogP contribution in [-0.2, 0) is 11.3 Å². The van der Waals surface area contributed by atoms with Gasteiger partial charge >= 0.3 is 0 Å². The number of hydrogen-bond acceptors (Lipinski definition) is 3. The van der Waals surface area contributed by atoms with Gasteiger partial charge in [0.15, 0.2) is 0 Å². The maximum Gasteiger partial charge on any atom is 0.270 e. The highest BCUT2D eigenvalue weighted by molar-refractivity contribution is 5.92. The molecule has 1 aromatic rings. The van der Waals surface area contributed by atoms with E-state index in [4.69, 9.17) is 10.5 Å². The van der Waals surface area contributed by atoms with E-state index < -0.39 is 0 Å². The van der Waals surface area contributed by atoms with Gasteiger partial charge in [-0.3, -0.25) is 4.79 Å². The molecule has 1 aliphatic rings. The summed E-state index contributed by atoms with van der Waals surface area (Å²) in [6, 6.07) is 4.41. The van der Waals surface area contributed by atoms with Gasteiger partial charge in [-0.2, -0.15) is 0 Å². The Labute approximate surface area is 120 Å². The highest BCUT2D eigenvalue weighted by Gasteiger charge is 2.26. The van der Waals surface area contributed by atoms with Crippen molar-refractivity contribution < 1.29 is 9.53 Å². The number of amides is 1. The van der Waals surface area contributed by atoms with Gasteiger partial charge in [-0.25, -0.2) is 0 Å². The van der Waals surface area contributed by atoms with E-state index in [9.17, 15) is 4.79 Å². The van der Waals surface area contributed by atoms with E-state index in [0.717, 1.165) is 31.4 Å². The van der Waals surface area contributed by atoms with Crippen molar-refractivity contribution in [1.29, 1.82) is 0 Å². The predicted molar refractivity (Wildman–Crippen MR) is 78.6 cm³/mol. The Balaban J connectivity index is 2.01. The minimum absolute atomic E-state index is 0.0894. The van der Waals surface area contributed by atoms with Gasteiger partial charge in [0, 0.05) is 39.0 Å². The number of hydrogen-bond donors (Lipinski definition) is 1. The third kappa shape index (κ3) is 3.41. The molecule has 0 aromatic carbocycles. The number of methoxy groups -OCH3 is 1. The number of carbonyl (C=O) groups excluding carboxylic acids is 1. The van der Waals surface area contributed by atoms with Gasteiger partial charge in [-0.1, -0.05) is 0 Å². The van der Waals surface area contributed by atoms with Crippen molar-refractivity contribution in [3.05, 3.63) is 24.0 Å². The Morgan fingerprint density at radius 2 is 2.15 bits per heavy atom. The summed E-state index contributed by atoms with van der Waals surface area (Å²) in [6.07, 6.45) is 5.95. The van der Waals surface area contributed by atoms with Crippen LogP contribution in [0, 0.1) is 0 Å². The van der Waals surface area contributed by atoms with Crippen molar-refractivity contribution in [2.45, 2.75) is 44.3 Å². The van der Waals surface area contributed by atoms with Crippen molar-refractivity contribution >= 4 is 5.91 Å². The van der Waals surface area contributed by atoms with Gasteiger partial charge in [-0.15, -0.1) is 0 Å². The number of aromatic nitrogens is 1. The van der Waals surface area contributed by atoms with Crippen molar-refractivity contribution in [1.82, 2.24) is 9.47 Å². The first-order chi connectivity index (χ1) is 9.63. The lowest BCUT2D eigenvalue weighted by molar-refractivity contribution is 0.0676. The van der Waals surface area contributed by atoms with Gasteiger partial charge in [0.05, 0.1) is 6.61 Å². The summed E-state index contributed by atoms with van der Waals surface area (Å²) >= 11 is 0. The molecule has 0 saturated heterocycles. The fraction of sp³-hybridized carbons (Fsp3) is 0.667. The molecule has 1 fully saturated rings. The third-order valence-corrected chi connectivity index (χ3v) is 4.19. The first kappa shape index (κ1) is 15.1. The highest BCUT2D eigenvalue weighted by Crippen LogP contribution is 2.22. The Hall–Kier alpha value is -1.33. The van der Waals surface area contributed by atoms with Gasteiger partial charge in [-0.05, 0) is 37.8 Å². The molecule has 1 aliphatic carbocycles. The van der Waals surface area contributed by atoms with Crippen molar-refractivity contribution in [2.75, 3.05) is 20.8 Å². The zero-order chi connectivity index (χ0) is 14.5. The maximum absolute atomic E-state index is 12.6. The molecule has 0 spiro atoms. The molecule has 2 N–H and O–H groups in total. The predicted octanol–water partition coefficient (Wildman–Crippen LogP) is 1.48. The van der Waals surface area contributed by atoms with E-state index in [1.165, 1.54) is 0 Å². The summed E-state index contributed by atoms with van der Waals surface area (Å²) < 4.78 is 7.03. The molecule has 5 heteroatoms. The van der Waals surface area contributed by atoms with Crippen molar-refractivity contribution in [3.8, 4) is 0 Å². The van der Waals surface area contributed by atoms with E-state index in [1.54, 1.807) is 7.11 Å². The summed E-state index contributed by atoms with van der Waals surface area (Å²) in [5.74, 6) is 0.0894. The smallest absolute Gasteiger partial charge is 0.270 e. The molecule has 2 rings (SSSR count). The molecule has 112 valence electrons. The van der Waals surface area contributed by atoms with Crippen LogP contribution in [0.15, 0.2) is 18.3 Å². The summed E-state index contributed by atoms with van der Waals surface area (Å²) in [4.78, 5) is 14.5. The molecular formula is C15H25N3O2. The lowest BCUT2D eigenvalue weighted by Crippen LogP contribution is -2.42. The van der Waals surface area contributed by atoms with Crippen molar-refractivity contribution in [2.24, 2.45) is 5.73 Å². The van der Waals surface area contributed by atoms with Crippen LogP contribution in [0.25, 0.3) is 0 Å². The minimum atomic E-state index is 0.0894. The van der Waals surface area contributed by atoms with Crippen LogP contribution >= 0.6 is 0 Å². The van der Waals surface area contributed by atoms with Crippen LogP contribution in [0.5, 0.6) is 0 Å². The molecule has 1 saturated carbocycles. The second kappa shape index (κ2) is 6.90. The van der Waals surface area contributed by atoms with Gasteiger partial charge in [0.25, 0.3) is 5.91 Å². The van der Waals surface area contributed by atoms with E-state index in [0.29, 0.717) is 25.2 Å².